The summed E-state index contributed by atoms with van der Waals surface area (Å²) in [6.07, 6.45) is -2.61. The fourth-order valence-corrected chi connectivity index (χ4v) is 4.28. The van der Waals surface area contributed by atoms with Crippen LogP contribution in [0.2, 0.25) is 0 Å². The standard InChI is InChI=1S/C25H22F3N3O/c1-2-31-14-17(12-16-8-4-3-5-9-16)23-20(15-31)22(19(13-29)24(30)32-23)18-10-6-7-11-21(18)25(26,27)28/h3-12,22H,2,14-15,30H2,1H3/b17-12-. The molecule has 0 amide bonds. The summed E-state index contributed by atoms with van der Waals surface area (Å²) in [4.78, 5) is 2.11. The van der Waals surface area contributed by atoms with Gasteiger partial charge in [0.05, 0.1) is 11.5 Å². The van der Waals surface area contributed by atoms with Crippen LogP contribution in [0.15, 0.2) is 83.0 Å². The summed E-state index contributed by atoms with van der Waals surface area (Å²) in [6, 6.07) is 17.0. The summed E-state index contributed by atoms with van der Waals surface area (Å²) in [5.41, 5.74) is 7.68. The van der Waals surface area contributed by atoms with Crippen LogP contribution in [0.5, 0.6) is 0 Å². The maximum atomic E-state index is 13.9. The van der Waals surface area contributed by atoms with Gasteiger partial charge in [-0.15, -0.1) is 0 Å². The molecule has 0 aliphatic carbocycles. The van der Waals surface area contributed by atoms with Gasteiger partial charge in [-0.25, -0.2) is 0 Å². The Kier molecular flexibility index (Phi) is 5.81. The highest BCUT2D eigenvalue weighted by Gasteiger charge is 2.42. The number of hydrogen-bond donors (Lipinski definition) is 1. The zero-order valence-electron chi connectivity index (χ0n) is 17.5. The summed E-state index contributed by atoms with van der Waals surface area (Å²) >= 11 is 0. The average molecular weight is 437 g/mol. The normalized spacial score (nSPS) is 20.7. The topological polar surface area (TPSA) is 62.3 Å². The minimum absolute atomic E-state index is 0.00235. The van der Waals surface area contributed by atoms with E-state index in [1.807, 2.05) is 49.4 Å². The van der Waals surface area contributed by atoms with E-state index < -0.39 is 17.7 Å². The molecule has 4 nitrogen and oxygen atoms in total. The largest absolute Gasteiger partial charge is 0.440 e. The van der Waals surface area contributed by atoms with Gasteiger partial charge in [-0.05, 0) is 35.4 Å². The van der Waals surface area contributed by atoms with Gasteiger partial charge in [-0.2, -0.15) is 18.4 Å². The second-order valence-corrected chi connectivity index (χ2v) is 7.75. The minimum atomic E-state index is -4.56. The van der Waals surface area contributed by atoms with Crippen LogP contribution in [-0.2, 0) is 10.9 Å². The number of nitriles is 1. The molecule has 0 fully saturated rings. The Labute approximate surface area is 184 Å². The molecule has 0 bridgehead atoms. The third-order valence-electron chi connectivity index (χ3n) is 5.77. The monoisotopic (exact) mass is 437 g/mol. The predicted molar refractivity (Wildman–Crippen MR) is 116 cm³/mol. The van der Waals surface area contributed by atoms with Gasteiger partial charge in [0.25, 0.3) is 0 Å². The minimum Gasteiger partial charge on any atom is -0.440 e. The molecule has 2 aliphatic rings. The number of nitrogens with two attached hydrogens (primary N) is 1. The number of nitrogens with zero attached hydrogens (tertiary/aromatic N) is 2. The third-order valence-corrected chi connectivity index (χ3v) is 5.77. The van der Waals surface area contributed by atoms with Crippen molar-refractivity contribution in [1.82, 2.24) is 4.90 Å². The lowest BCUT2D eigenvalue weighted by Gasteiger charge is -2.38. The van der Waals surface area contributed by atoms with Crippen LogP contribution in [0.3, 0.4) is 0 Å². The van der Waals surface area contributed by atoms with E-state index >= 15 is 0 Å². The first-order chi connectivity index (χ1) is 15.3. The number of alkyl halides is 3. The maximum absolute atomic E-state index is 13.9. The highest BCUT2D eigenvalue weighted by molar-refractivity contribution is 5.63. The molecule has 1 atom stereocenters. The average Bonchev–Trinajstić information content (AvgIpc) is 2.78. The molecule has 4 rings (SSSR count). The van der Waals surface area contributed by atoms with Crippen LogP contribution in [0, 0.1) is 11.3 Å². The lowest BCUT2D eigenvalue weighted by atomic mass is 9.78. The van der Waals surface area contributed by atoms with Crippen LogP contribution < -0.4 is 5.73 Å². The molecule has 0 radical (unpaired) electrons. The highest BCUT2D eigenvalue weighted by Crippen LogP contribution is 2.47. The Morgan fingerprint density at radius 3 is 2.47 bits per heavy atom. The van der Waals surface area contributed by atoms with Crippen LogP contribution in [-0.4, -0.2) is 24.5 Å². The van der Waals surface area contributed by atoms with E-state index in [0.29, 0.717) is 31.0 Å². The number of allylic oxidation sites excluding steroid dienone is 1. The first-order valence-corrected chi connectivity index (χ1v) is 10.3. The van der Waals surface area contributed by atoms with Gasteiger partial charge < -0.3 is 10.5 Å². The van der Waals surface area contributed by atoms with Gasteiger partial charge in [0.15, 0.2) is 0 Å². The Hall–Kier alpha value is -3.50. The predicted octanol–water partition coefficient (Wildman–Crippen LogP) is 5.19. The van der Waals surface area contributed by atoms with Crippen LogP contribution in [0.4, 0.5) is 13.2 Å². The van der Waals surface area contributed by atoms with Crippen LogP contribution in [0.1, 0.15) is 29.5 Å². The molecule has 1 unspecified atom stereocenters. The first-order valence-electron chi connectivity index (χ1n) is 10.3. The summed E-state index contributed by atoms with van der Waals surface area (Å²) in [5, 5.41) is 9.80. The zero-order chi connectivity index (χ0) is 22.9. The Morgan fingerprint density at radius 2 is 1.81 bits per heavy atom. The van der Waals surface area contributed by atoms with E-state index in [2.05, 4.69) is 4.90 Å². The van der Waals surface area contributed by atoms with Crippen molar-refractivity contribution in [2.24, 2.45) is 5.73 Å². The summed E-state index contributed by atoms with van der Waals surface area (Å²) in [6.45, 7) is 3.63. The van der Waals surface area contributed by atoms with Crippen molar-refractivity contribution in [3.8, 4) is 6.07 Å². The van der Waals surface area contributed by atoms with Crippen molar-refractivity contribution in [2.45, 2.75) is 19.0 Å². The molecule has 2 aromatic rings. The Bertz CT molecular complexity index is 1160. The van der Waals surface area contributed by atoms with E-state index in [9.17, 15) is 18.4 Å². The molecule has 2 aromatic carbocycles. The van der Waals surface area contributed by atoms with Crippen LogP contribution in [0.25, 0.3) is 6.08 Å². The highest BCUT2D eigenvalue weighted by atomic mass is 19.4. The van der Waals surface area contributed by atoms with E-state index in [4.69, 9.17) is 10.5 Å². The van der Waals surface area contributed by atoms with E-state index in [-0.39, 0.29) is 17.0 Å². The number of hydrogen-bond acceptors (Lipinski definition) is 4. The molecule has 0 spiro atoms. The van der Waals surface area contributed by atoms with Crippen molar-refractivity contribution in [3.05, 3.63) is 99.6 Å². The number of rotatable bonds is 3. The number of likely N-dealkylation sites (N-methyl/N-ethyl adjacent to an activating group) is 1. The quantitative estimate of drug-likeness (QED) is 0.718. The molecule has 164 valence electrons. The van der Waals surface area contributed by atoms with Crippen molar-refractivity contribution >= 4 is 6.08 Å². The van der Waals surface area contributed by atoms with E-state index in [1.165, 1.54) is 12.1 Å². The van der Waals surface area contributed by atoms with Gasteiger partial charge in [-0.3, -0.25) is 4.90 Å². The number of ether oxygens (including phenoxy) is 1. The fraction of sp³-hybridized carbons (Fsp3) is 0.240. The van der Waals surface area contributed by atoms with Crippen LogP contribution >= 0.6 is 0 Å². The second-order valence-electron chi connectivity index (χ2n) is 7.75. The SMILES string of the molecule is CCN1CC2=C(OC(N)=C(C#N)C2c2ccccc2C(F)(F)F)/C(=C\c2ccccc2)C1. The smallest absolute Gasteiger partial charge is 0.416 e. The number of halogens is 3. The molecule has 2 heterocycles. The lowest BCUT2D eigenvalue weighted by Crippen LogP contribution is -2.38. The molecule has 0 saturated carbocycles. The second kappa shape index (κ2) is 8.56. The van der Waals surface area contributed by atoms with Crippen molar-refractivity contribution in [2.75, 3.05) is 19.6 Å². The zero-order valence-corrected chi connectivity index (χ0v) is 17.5. The Morgan fingerprint density at radius 1 is 1.12 bits per heavy atom. The van der Waals surface area contributed by atoms with Crippen molar-refractivity contribution in [3.63, 3.8) is 0 Å². The Balaban J connectivity index is 1.94. The lowest BCUT2D eigenvalue weighted by molar-refractivity contribution is -0.138. The molecular weight excluding hydrogens is 415 g/mol. The molecule has 7 heteroatoms. The summed E-state index contributed by atoms with van der Waals surface area (Å²) < 4.78 is 47.5. The summed E-state index contributed by atoms with van der Waals surface area (Å²) in [7, 11) is 0. The van der Waals surface area contributed by atoms with E-state index in [1.54, 1.807) is 6.07 Å². The van der Waals surface area contributed by atoms with E-state index in [0.717, 1.165) is 17.2 Å². The molecule has 32 heavy (non-hydrogen) atoms. The molecule has 2 N–H and O–H groups in total. The molecule has 0 saturated heterocycles. The third kappa shape index (κ3) is 4.02. The van der Waals surface area contributed by atoms with Crippen molar-refractivity contribution < 1.29 is 17.9 Å². The molecule has 0 aromatic heterocycles. The van der Waals surface area contributed by atoms with Gasteiger partial charge in [0, 0.05) is 18.7 Å². The maximum Gasteiger partial charge on any atom is 0.416 e. The fourth-order valence-electron chi connectivity index (χ4n) is 4.28. The summed E-state index contributed by atoms with van der Waals surface area (Å²) in [5.74, 6) is -0.635. The van der Waals surface area contributed by atoms with Gasteiger partial charge in [0.2, 0.25) is 5.88 Å². The van der Waals surface area contributed by atoms with Gasteiger partial charge >= 0.3 is 6.18 Å². The first kappa shape index (κ1) is 21.7. The van der Waals surface area contributed by atoms with Crippen molar-refractivity contribution in [1.29, 1.82) is 5.26 Å². The van der Waals surface area contributed by atoms with Gasteiger partial charge in [-0.1, -0.05) is 55.5 Å². The molecular formula is C25H22F3N3O. The number of benzene rings is 2. The molecule has 2 aliphatic heterocycles. The van der Waals surface area contributed by atoms with Gasteiger partial charge in [0.1, 0.15) is 17.4 Å².